The molecule has 0 aliphatic carbocycles. The predicted molar refractivity (Wildman–Crippen MR) is 52.5 cm³/mol. The normalized spacial score (nSPS) is 16.1. The van der Waals surface area contributed by atoms with E-state index in [1.54, 1.807) is 0 Å². The summed E-state index contributed by atoms with van der Waals surface area (Å²) in [5.41, 5.74) is 5.33. The molecule has 0 bridgehead atoms. The molecule has 4 heteroatoms. The first-order valence-electron chi connectivity index (χ1n) is 4.11. The average Bonchev–Trinajstić information content (AvgIpc) is 1.98. The largest absolute Gasteiger partial charge is 0.480 e. The summed E-state index contributed by atoms with van der Waals surface area (Å²) in [6.07, 6.45) is 1.26. The van der Waals surface area contributed by atoms with Crippen molar-refractivity contribution in [3.63, 3.8) is 0 Å². The summed E-state index contributed by atoms with van der Waals surface area (Å²) >= 11 is 4.32. The second kappa shape index (κ2) is 5.43. The van der Waals surface area contributed by atoms with Crippen molar-refractivity contribution in [2.75, 3.05) is 0 Å². The first-order chi connectivity index (χ1) is 5.45. The number of carboxylic acid groups (broad SMARTS) is 1. The molecule has 2 atom stereocenters. The highest BCUT2D eigenvalue weighted by Gasteiger charge is 2.14. The molecule has 0 amide bonds. The highest BCUT2D eigenvalue weighted by molar-refractivity contribution is 7.81. The number of aliphatic carboxylic acids is 1. The predicted octanol–water partition coefficient (Wildman–Crippen LogP) is 1.13. The molecule has 3 nitrogen and oxygen atoms in total. The number of rotatable bonds is 5. The summed E-state index contributed by atoms with van der Waals surface area (Å²) in [6, 6.07) is -0.738. The fourth-order valence-electron chi connectivity index (χ4n) is 0.807. The minimum atomic E-state index is -0.931. The first-order valence-corrected chi connectivity index (χ1v) is 4.63. The maximum atomic E-state index is 10.3. The van der Waals surface area contributed by atoms with Gasteiger partial charge in [-0.25, -0.2) is 0 Å². The lowest BCUT2D eigenvalue weighted by atomic mass is 10.0. The zero-order valence-electron chi connectivity index (χ0n) is 7.53. The van der Waals surface area contributed by atoms with Gasteiger partial charge >= 0.3 is 5.97 Å². The van der Waals surface area contributed by atoms with E-state index in [4.69, 9.17) is 10.8 Å². The standard InChI is InChI=1S/C8H17NO2S/c1-5(2)7(12)4-3-6(9)8(10)11/h5-7,12H,3-4,9H2,1-2H3,(H,10,11). The van der Waals surface area contributed by atoms with Gasteiger partial charge < -0.3 is 10.8 Å². The minimum Gasteiger partial charge on any atom is -0.480 e. The third-order valence-electron chi connectivity index (χ3n) is 1.86. The van der Waals surface area contributed by atoms with Crippen molar-refractivity contribution in [2.45, 2.75) is 38.0 Å². The van der Waals surface area contributed by atoms with E-state index in [9.17, 15) is 4.79 Å². The van der Waals surface area contributed by atoms with Crippen molar-refractivity contribution in [2.24, 2.45) is 11.7 Å². The molecule has 0 fully saturated rings. The molecule has 0 aliphatic rings. The molecule has 0 radical (unpaired) electrons. The maximum Gasteiger partial charge on any atom is 0.320 e. The van der Waals surface area contributed by atoms with Crippen LogP contribution in [0.15, 0.2) is 0 Å². The third kappa shape index (κ3) is 4.62. The van der Waals surface area contributed by atoms with E-state index in [1.165, 1.54) is 0 Å². The van der Waals surface area contributed by atoms with Crippen molar-refractivity contribution in [1.82, 2.24) is 0 Å². The number of carbonyl (C=O) groups is 1. The van der Waals surface area contributed by atoms with Crippen LogP contribution in [0.5, 0.6) is 0 Å². The van der Waals surface area contributed by atoms with Crippen LogP contribution in [0.4, 0.5) is 0 Å². The van der Waals surface area contributed by atoms with E-state index in [-0.39, 0.29) is 5.25 Å². The van der Waals surface area contributed by atoms with Crippen molar-refractivity contribution < 1.29 is 9.90 Å². The Balaban J connectivity index is 3.61. The molecule has 0 saturated heterocycles. The molecule has 0 rings (SSSR count). The average molecular weight is 191 g/mol. The number of hydrogen-bond donors (Lipinski definition) is 3. The topological polar surface area (TPSA) is 63.3 Å². The molecule has 0 spiro atoms. The summed E-state index contributed by atoms with van der Waals surface area (Å²) < 4.78 is 0. The van der Waals surface area contributed by atoms with Crippen LogP contribution in [0.25, 0.3) is 0 Å². The summed E-state index contributed by atoms with van der Waals surface area (Å²) in [7, 11) is 0. The van der Waals surface area contributed by atoms with E-state index < -0.39 is 12.0 Å². The van der Waals surface area contributed by atoms with Gasteiger partial charge in [-0.05, 0) is 18.8 Å². The van der Waals surface area contributed by atoms with Crippen LogP contribution in [0.3, 0.4) is 0 Å². The Morgan fingerprint density at radius 2 is 2.00 bits per heavy atom. The van der Waals surface area contributed by atoms with Crippen molar-refractivity contribution in [3.05, 3.63) is 0 Å². The van der Waals surface area contributed by atoms with Gasteiger partial charge in [0.2, 0.25) is 0 Å². The van der Waals surface area contributed by atoms with E-state index in [2.05, 4.69) is 26.5 Å². The summed E-state index contributed by atoms with van der Waals surface area (Å²) in [4.78, 5) is 10.3. The van der Waals surface area contributed by atoms with Gasteiger partial charge in [0.05, 0.1) is 0 Å². The van der Waals surface area contributed by atoms with Crippen LogP contribution >= 0.6 is 12.6 Å². The van der Waals surface area contributed by atoms with E-state index in [0.29, 0.717) is 12.3 Å². The second-order valence-electron chi connectivity index (χ2n) is 3.33. The monoisotopic (exact) mass is 191 g/mol. The van der Waals surface area contributed by atoms with Crippen LogP contribution < -0.4 is 5.73 Å². The second-order valence-corrected chi connectivity index (χ2v) is 4.00. The van der Waals surface area contributed by atoms with Gasteiger partial charge in [0.15, 0.2) is 0 Å². The van der Waals surface area contributed by atoms with Crippen molar-refractivity contribution in [1.29, 1.82) is 0 Å². The highest BCUT2D eigenvalue weighted by Crippen LogP contribution is 2.15. The molecule has 12 heavy (non-hydrogen) atoms. The number of thiol groups is 1. The summed E-state index contributed by atoms with van der Waals surface area (Å²) in [5.74, 6) is -0.464. The maximum absolute atomic E-state index is 10.3. The van der Waals surface area contributed by atoms with Crippen LogP contribution in [0.2, 0.25) is 0 Å². The van der Waals surface area contributed by atoms with Gasteiger partial charge in [0.25, 0.3) is 0 Å². The Labute approximate surface area is 78.7 Å². The number of nitrogens with two attached hydrogens (primary N) is 1. The smallest absolute Gasteiger partial charge is 0.320 e. The van der Waals surface area contributed by atoms with Gasteiger partial charge in [0, 0.05) is 5.25 Å². The van der Waals surface area contributed by atoms with Crippen LogP contribution in [-0.4, -0.2) is 22.4 Å². The molecule has 3 N–H and O–H groups in total. The van der Waals surface area contributed by atoms with Crippen LogP contribution in [0, 0.1) is 5.92 Å². The van der Waals surface area contributed by atoms with Gasteiger partial charge in [-0.2, -0.15) is 12.6 Å². The lowest BCUT2D eigenvalue weighted by Crippen LogP contribution is -2.31. The van der Waals surface area contributed by atoms with E-state index >= 15 is 0 Å². The van der Waals surface area contributed by atoms with Crippen molar-refractivity contribution in [3.8, 4) is 0 Å². The van der Waals surface area contributed by atoms with Gasteiger partial charge in [0.1, 0.15) is 6.04 Å². The Bertz CT molecular complexity index is 150. The van der Waals surface area contributed by atoms with E-state index in [1.807, 2.05) is 0 Å². The lowest BCUT2D eigenvalue weighted by molar-refractivity contribution is -0.138. The lowest BCUT2D eigenvalue weighted by Gasteiger charge is -2.15. The molecule has 0 aromatic rings. The zero-order valence-corrected chi connectivity index (χ0v) is 8.42. The molecular weight excluding hydrogens is 174 g/mol. The van der Waals surface area contributed by atoms with Crippen LogP contribution in [-0.2, 0) is 4.79 Å². The Morgan fingerprint density at radius 3 is 2.33 bits per heavy atom. The quantitative estimate of drug-likeness (QED) is 0.571. The Morgan fingerprint density at radius 1 is 1.50 bits per heavy atom. The Hall–Kier alpha value is -0.220. The molecule has 0 aliphatic heterocycles. The number of hydrogen-bond acceptors (Lipinski definition) is 3. The SMILES string of the molecule is CC(C)C(S)CCC(N)C(=O)O. The third-order valence-corrected chi connectivity index (χ3v) is 2.71. The summed E-state index contributed by atoms with van der Waals surface area (Å²) in [5, 5.41) is 8.73. The molecule has 0 saturated carbocycles. The van der Waals surface area contributed by atoms with E-state index in [0.717, 1.165) is 6.42 Å². The first kappa shape index (κ1) is 11.8. The van der Waals surface area contributed by atoms with Crippen molar-refractivity contribution >= 4 is 18.6 Å². The molecular formula is C8H17NO2S. The molecule has 0 aromatic heterocycles. The Kier molecular flexibility index (Phi) is 5.33. The molecule has 0 heterocycles. The fraction of sp³-hybridized carbons (Fsp3) is 0.875. The van der Waals surface area contributed by atoms with Crippen LogP contribution in [0.1, 0.15) is 26.7 Å². The molecule has 72 valence electrons. The molecule has 2 unspecified atom stereocenters. The van der Waals surface area contributed by atoms with Gasteiger partial charge in [-0.1, -0.05) is 13.8 Å². The van der Waals surface area contributed by atoms with Gasteiger partial charge in [-0.15, -0.1) is 0 Å². The minimum absolute atomic E-state index is 0.246. The fourth-order valence-corrected chi connectivity index (χ4v) is 0.956. The summed E-state index contributed by atoms with van der Waals surface area (Å²) in [6.45, 7) is 4.12. The molecule has 0 aromatic carbocycles. The zero-order chi connectivity index (χ0) is 9.72. The highest BCUT2D eigenvalue weighted by atomic mass is 32.1. The van der Waals surface area contributed by atoms with Gasteiger partial charge in [-0.3, -0.25) is 4.79 Å². The number of carboxylic acids is 1.